The normalized spacial score (nSPS) is 20.3. The summed E-state index contributed by atoms with van der Waals surface area (Å²) < 4.78 is 31.9. The molecule has 0 radical (unpaired) electrons. The molecule has 1 aliphatic carbocycles. The van der Waals surface area contributed by atoms with Gasteiger partial charge in [-0.25, -0.2) is 13.1 Å². The van der Waals surface area contributed by atoms with Crippen LogP contribution < -0.4 is 15.4 Å². The highest BCUT2D eigenvalue weighted by Crippen LogP contribution is 2.27. The average Bonchev–Trinajstić information content (AvgIpc) is 2.66. The predicted molar refractivity (Wildman–Crippen MR) is 118 cm³/mol. The lowest BCUT2D eigenvalue weighted by atomic mass is 9.86. The number of hydrogen-bond acceptors (Lipinski definition) is 5. The number of carbonyl (C=O) groups excluding carboxylic acids is 1. The van der Waals surface area contributed by atoms with Crippen molar-refractivity contribution in [1.82, 2.24) is 4.72 Å². The topological polar surface area (TPSA) is 96.5 Å². The summed E-state index contributed by atoms with van der Waals surface area (Å²) in [7, 11) is -3.36. The highest BCUT2D eigenvalue weighted by atomic mass is 32.2. The molecule has 0 unspecified atom stereocenters. The summed E-state index contributed by atoms with van der Waals surface area (Å²) in [5.74, 6) is -0.0893. The molecule has 2 rings (SSSR count). The SMILES string of the molecule is CCOCCNc1ccc(NC(=O)C2CCC(NS(=O)(=O)C(C)(C)C)CC2)cc1. The number of ether oxygens (including phenoxy) is 1. The van der Waals surface area contributed by atoms with E-state index in [1.807, 2.05) is 31.2 Å². The summed E-state index contributed by atoms with van der Waals surface area (Å²) in [6, 6.07) is 7.53. The van der Waals surface area contributed by atoms with E-state index in [1.54, 1.807) is 20.8 Å². The van der Waals surface area contributed by atoms with E-state index in [9.17, 15) is 13.2 Å². The molecule has 0 bridgehead atoms. The zero-order chi connectivity index (χ0) is 21.5. The second kappa shape index (κ2) is 10.4. The van der Waals surface area contributed by atoms with E-state index in [0.29, 0.717) is 38.9 Å². The van der Waals surface area contributed by atoms with Gasteiger partial charge in [0.25, 0.3) is 0 Å². The first-order valence-corrected chi connectivity index (χ1v) is 11.8. The Balaban J connectivity index is 1.78. The van der Waals surface area contributed by atoms with Gasteiger partial charge in [-0.1, -0.05) is 0 Å². The molecule has 1 aromatic rings. The van der Waals surface area contributed by atoms with Crippen molar-refractivity contribution in [2.24, 2.45) is 5.92 Å². The first-order chi connectivity index (χ1) is 13.6. The van der Waals surface area contributed by atoms with Gasteiger partial charge in [0.2, 0.25) is 15.9 Å². The Morgan fingerprint density at radius 1 is 1.07 bits per heavy atom. The van der Waals surface area contributed by atoms with E-state index in [-0.39, 0.29) is 17.9 Å². The minimum Gasteiger partial charge on any atom is -0.383 e. The third-order valence-corrected chi connectivity index (χ3v) is 7.41. The zero-order valence-corrected chi connectivity index (χ0v) is 18.8. The van der Waals surface area contributed by atoms with Gasteiger partial charge in [-0.3, -0.25) is 4.79 Å². The molecule has 1 aromatic carbocycles. The van der Waals surface area contributed by atoms with Gasteiger partial charge in [0, 0.05) is 36.5 Å². The maximum Gasteiger partial charge on any atom is 0.227 e. The van der Waals surface area contributed by atoms with Gasteiger partial charge in [-0.05, 0) is 77.6 Å². The van der Waals surface area contributed by atoms with Gasteiger partial charge in [0.05, 0.1) is 11.4 Å². The lowest BCUT2D eigenvalue weighted by molar-refractivity contribution is -0.120. The molecule has 1 aliphatic rings. The molecular formula is C21H35N3O4S. The third-order valence-electron chi connectivity index (χ3n) is 5.16. The number of hydrogen-bond donors (Lipinski definition) is 3. The van der Waals surface area contributed by atoms with Crippen LogP contribution in [-0.4, -0.2) is 44.9 Å². The van der Waals surface area contributed by atoms with Crippen molar-refractivity contribution < 1.29 is 17.9 Å². The summed E-state index contributed by atoms with van der Waals surface area (Å²) in [5.41, 5.74) is 1.75. The van der Waals surface area contributed by atoms with Crippen LogP contribution in [0, 0.1) is 5.92 Å². The Hall–Kier alpha value is -1.64. The molecule has 164 valence electrons. The molecule has 1 saturated carbocycles. The Morgan fingerprint density at radius 3 is 2.21 bits per heavy atom. The lowest BCUT2D eigenvalue weighted by Crippen LogP contribution is -2.46. The Kier molecular flexibility index (Phi) is 8.48. The number of anilines is 2. The monoisotopic (exact) mass is 425 g/mol. The molecule has 0 aliphatic heterocycles. The van der Waals surface area contributed by atoms with Gasteiger partial charge in [-0.15, -0.1) is 0 Å². The molecule has 1 fully saturated rings. The fourth-order valence-electron chi connectivity index (χ4n) is 3.20. The van der Waals surface area contributed by atoms with Crippen LogP contribution in [0.5, 0.6) is 0 Å². The van der Waals surface area contributed by atoms with E-state index in [4.69, 9.17) is 4.74 Å². The van der Waals surface area contributed by atoms with Crippen LogP contribution in [0.4, 0.5) is 11.4 Å². The molecule has 29 heavy (non-hydrogen) atoms. The quantitative estimate of drug-likeness (QED) is 0.527. The second-order valence-electron chi connectivity index (χ2n) is 8.47. The Morgan fingerprint density at radius 2 is 1.66 bits per heavy atom. The van der Waals surface area contributed by atoms with Crippen molar-refractivity contribution in [2.75, 3.05) is 30.4 Å². The maximum absolute atomic E-state index is 12.6. The third kappa shape index (κ3) is 7.28. The fourth-order valence-corrected chi connectivity index (χ4v) is 4.23. The molecule has 0 heterocycles. The lowest BCUT2D eigenvalue weighted by Gasteiger charge is -2.30. The second-order valence-corrected chi connectivity index (χ2v) is 10.9. The first-order valence-electron chi connectivity index (χ1n) is 10.4. The zero-order valence-electron chi connectivity index (χ0n) is 18.0. The molecule has 0 spiro atoms. The van der Waals surface area contributed by atoms with Crippen LogP contribution in [0.25, 0.3) is 0 Å². The summed E-state index contributed by atoms with van der Waals surface area (Å²) in [6.45, 7) is 9.13. The van der Waals surface area contributed by atoms with Crippen molar-refractivity contribution >= 4 is 27.3 Å². The smallest absolute Gasteiger partial charge is 0.227 e. The number of benzene rings is 1. The van der Waals surface area contributed by atoms with E-state index in [1.165, 1.54) is 0 Å². The van der Waals surface area contributed by atoms with E-state index in [0.717, 1.165) is 17.9 Å². The molecule has 8 heteroatoms. The van der Waals surface area contributed by atoms with Crippen LogP contribution in [0.1, 0.15) is 53.4 Å². The van der Waals surface area contributed by atoms with Crippen LogP contribution in [0.2, 0.25) is 0 Å². The van der Waals surface area contributed by atoms with E-state index in [2.05, 4.69) is 15.4 Å². The number of amides is 1. The first kappa shape index (κ1) is 23.6. The van der Waals surface area contributed by atoms with Gasteiger partial charge < -0.3 is 15.4 Å². The predicted octanol–water partition coefficient (Wildman–Crippen LogP) is 3.35. The molecule has 1 amide bonds. The highest BCUT2D eigenvalue weighted by Gasteiger charge is 2.34. The summed E-state index contributed by atoms with van der Waals surface area (Å²) in [5, 5.41) is 6.24. The molecule has 0 aromatic heterocycles. The molecule has 0 saturated heterocycles. The van der Waals surface area contributed by atoms with Crippen LogP contribution in [0.3, 0.4) is 0 Å². The van der Waals surface area contributed by atoms with Gasteiger partial charge >= 0.3 is 0 Å². The molecule has 3 N–H and O–H groups in total. The summed E-state index contributed by atoms with van der Waals surface area (Å²) in [4.78, 5) is 12.6. The van der Waals surface area contributed by atoms with E-state index < -0.39 is 14.8 Å². The number of rotatable bonds is 9. The van der Waals surface area contributed by atoms with Gasteiger partial charge in [-0.2, -0.15) is 0 Å². The number of sulfonamides is 1. The van der Waals surface area contributed by atoms with E-state index >= 15 is 0 Å². The largest absolute Gasteiger partial charge is 0.383 e. The average molecular weight is 426 g/mol. The van der Waals surface area contributed by atoms with Crippen molar-refractivity contribution in [3.05, 3.63) is 24.3 Å². The molecular weight excluding hydrogens is 390 g/mol. The van der Waals surface area contributed by atoms with Crippen molar-refractivity contribution in [3.8, 4) is 0 Å². The minimum absolute atomic E-state index is 0.000756. The summed E-state index contributed by atoms with van der Waals surface area (Å²) in [6.07, 6.45) is 2.71. The van der Waals surface area contributed by atoms with Crippen molar-refractivity contribution in [2.45, 2.75) is 64.2 Å². The minimum atomic E-state index is -3.36. The van der Waals surface area contributed by atoms with Crippen molar-refractivity contribution in [3.63, 3.8) is 0 Å². The Labute approximate surface area is 175 Å². The van der Waals surface area contributed by atoms with Crippen molar-refractivity contribution in [1.29, 1.82) is 0 Å². The maximum atomic E-state index is 12.6. The molecule has 7 nitrogen and oxygen atoms in total. The van der Waals surface area contributed by atoms with Crippen LogP contribution in [0.15, 0.2) is 24.3 Å². The van der Waals surface area contributed by atoms with Gasteiger partial charge in [0.1, 0.15) is 0 Å². The number of carbonyl (C=O) groups is 1. The van der Waals surface area contributed by atoms with Crippen LogP contribution in [-0.2, 0) is 19.6 Å². The summed E-state index contributed by atoms with van der Waals surface area (Å²) >= 11 is 0. The van der Waals surface area contributed by atoms with Gasteiger partial charge in [0.15, 0.2) is 0 Å². The number of nitrogens with one attached hydrogen (secondary N) is 3. The standard InChI is InChI=1S/C21H35N3O4S/c1-5-28-15-14-22-17-10-12-18(13-11-17)23-20(25)16-6-8-19(9-7-16)24-29(26,27)21(2,3)4/h10-13,16,19,22,24H,5-9,14-15H2,1-4H3,(H,23,25). The highest BCUT2D eigenvalue weighted by molar-refractivity contribution is 7.90. The molecule has 0 atom stereocenters. The Bertz CT molecular complexity index is 749. The van der Waals surface area contributed by atoms with Crippen LogP contribution >= 0.6 is 0 Å². The fraction of sp³-hybridized carbons (Fsp3) is 0.667.